The molecule has 0 saturated carbocycles. The second-order valence-electron chi connectivity index (χ2n) is 6.72. The second-order valence-corrected chi connectivity index (χ2v) is 6.72. The number of carbonyl (C=O) groups is 2. The second kappa shape index (κ2) is 8.28. The highest BCUT2D eigenvalue weighted by Gasteiger charge is 2.19. The van der Waals surface area contributed by atoms with Gasteiger partial charge in [-0.1, -0.05) is 30.0 Å². The number of nitrogen functional groups attached to an aromatic ring is 1. The zero-order valence-corrected chi connectivity index (χ0v) is 15.8. The summed E-state index contributed by atoms with van der Waals surface area (Å²) in [7, 11) is 1.27. The minimum Gasteiger partial charge on any atom is -0.465 e. The van der Waals surface area contributed by atoms with E-state index >= 15 is 0 Å². The van der Waals surface area contributed by atoms with Crippen LogP contribution in [-0.4, -0.2) is 24.8 Å². The first-order valence-corrected chi connectivity index (χ1v) is 8.28. The number of nitrogens with two attached hydrogens (primary N) is 1. The molecule has 2 aromatic carbocycles. The van der Waals surface area contributed by atoms with Gasteiger partial charge in [0.05, 0.1) is 24.0 Å². The predicted octanol–water partition coefficient (Wildman–Crippen LogP) is 3.80. The molecule has 0 aliphatic heterocycles. The van der Waals surface area contributed by atoms with Gasteiger partial charge in [0.1, 0.15) is 5.60 Å². The Morgan fingerprint density at radius 2 is 1.74 bits per heavy atom. The summed E-state index contributed by atoms with van der Waals surface area (Å²) in [6, 6.07) is 12.3. The van der Waals surface area contributed by atoms with Crippen LogP contribution in [0.4, 0.5) is 16.2 Å². The van der Waals surface area contributed by atoms with E-state index in [1.165, 1.54) is 19.2 Å². The first-order chi connectivity index (χ1) is 12.7. The highest BCUT2D eigenvalue weighted by Crippen LogP contribution is 2.25. The smallest absolute Gasteiger partial charge is 0.412 e. The quantitative estimate of drug-likeness (QED) is 0.479. The van der Waals surface area contributed by atoms with Gasteiger partial charge < -0.3 is 15.2 Å². The molecule has 140 valence electrons. The molecule has 0 saturated heterocycles. The van der Waals surface area contributed by atoms with Crippen molar-refractivity contribution in [1.82, 2.24) is 0 Å². The van der Waals surface area contributed by atoms with Gasteiger partial charge in [0, 0.05) is 11.1 Å². The number of carbonyl (C=O) groups excluding carboxylic acids is 2. The molecular weight excluding hydrogens is 344 g/mol. The van der Waals surface area contributed by atoms with E-state index in [2.05, 4.69) is 17.2 Å². The molecule has 0 bridgehead atoms. The Morgan fingerprint density at radius 3 is 2.33 bits per heavy atom. The summed E-state index contributed by atoms with van der Waals surface area (Å²) in [6.07, 6.45) is -0.673. The van der Waals surface area contributed by atoms with E-state index in [-0.39, 0.29) is 16.9 Å². The average molecular weight is 366 g/mol. The minimum atomic E-state index is -0.673. The van der Waals surface area contributed by atoms with Crippen molar-refractivity contribution < 1.29 is 19.1 Å². The van der Waals surface area contributed by atoms with E-state index in [0.717, 1.165) is 5.56 Å². The van der Waals surface area contributed by atoms with Gasteiger partial charge in [-0.05, 0) is 45.0 Å². The van der Waals surface area contributed by atoms with Crippen LogP contribution >= 0.6 is 0 Å². The number of nitrogens with one attached hydrogen (secondary N) is 1. The van der Waals surface area contributed by atoms with Gasteiger partial charge in [-0.3, -0.25) is 5.32 Å². The van der Waals surface area contributed by atoms with Crippen molar-refractivity contribution in [3.05, 3.63) is 59.2 Å². The molecule has 27 heavy (non-hydrogen) atoms. The number of benzene rings is 2. The molecule has 0 heterocycles. The lowest BCUT2D eigenvalue weighted by molar-refractivity contribution is 0.0596. The van der Waals surface area contributed by atoms with Crippen LogP contribution in [0.15, 0.2) is 42.5 Å². The van der Waals surface area contributed by atoms with Crippen LogP contribution in [0.25, 0.3) is 0 Å². The standard InChI is InChI=1S/C21H22N2O4/c1-21(2,3)27-20(25)23-18-13-16(19(24)26-4)15(12-17(18)22)11-10-14-8-6-5-7-9-14/h5-9,12-13H,22H2,1-4H3,(H,23,25). The topological polar surface area (TPSA) is 90.6 Å². The molecule has 0 unspecified atom stereocenters. The third kappa shape index (κ3) is 5.79. The van der Waals surface area contributed by atoms with E-state index in [9.17, 15) is 9.59 Å². The number of anilines is 2. The molecule has 0 spiro atoms. The maximum Gasteiger partial charge on any atom is 0.412 e. The van der Waals surface area contributed by atoms with Gasteiger partial charge >= 0.3 is 12.1 Å². The van der Waals surface area contributed by atoms with Crippen LogP contribution in [0.1, 0.15) is 42.3 Å². The minimum absolute atomic E-state index is 0.196. The number of hydrogen-bond acceptors (Lipinski definition) is 5. The van der Waals surface area contributed by atoms with E-state index in [4.69, 9.17) is 15.2 Å². The number of amides is 1. The SMILES string of the molecule is COC(=O)c1cc(NC(=O)OC(C)(C)C)c(N)cc1C#Cc1ccccc1. The van der Waals surface area contributed by atoms with Crippen molar-refractivity contribution in [2.45, 2.75) is 26.4 Å². The number of methoxy groups -OCH3 is 1. The lowest BCUT2D eigenvalue weighted by Crippen LogP contribution is -2.27. The number of esters is 1. The predicted molar refractivity (Wildman–Crippen MR) is 104 cm³/mol. The van der Waals surface area contributed by atoms with Crippen LogP contribution < -0.4 is 11.1 Å². The monoisotopic (exact) mass is 366 g/mol. The highest BCUT2D eigenvalue weighted by atomic mass is 16.6. The third-order valence-corrected chi connectivity index (χ3v) is 3.35. The number of hydrogen-bond donors (Lipinski definition) is 2. The van der Waals surface area contributed by atoms with Crippen LogP contribution in [0.5, 0.6) is 0 Å². The van der Waals surface area contributed by atoms with Crippen molar-refractivity contribution in [3.63, 3.8) is 0 Å². The molecule has 3 N–H and O–H groups in total. The maximum absolute atomic E-state index is 12.1. The summed E-state index contributed by atoms with van der Waals surface area (Å²) in [5.41, 5.74) is 7.25. The van der Waals surface area contributed by atoms with E-state index in [0.29, 0.717) is 5.56 Å². The molecule has 2 rings (SSSR count). The summed E-state index contributed by atoms with van der Waals surface area (Å²) in [6.45, 7) is 5.24. The molecule has 6 nitrogen and oxygen atoms in total. The molecular formula is C21H22N2O4. The Hall–Kier alpha value is -3.46. The van der Waals surface area contributed by atoms with Crippen LogP contribution in [0, 0.1) is 11.8 Å². The normalized spacial score (nSPS) is 10.4. The number of rotatable bonds is 2. The Morgan fingerprint density at radius 1 is 1.07 bits per heavy atom. The lowest BCUT2D eigenvalue weighted by atomic mass is 10.0. The van der Waals surface area contributed by atoms with Crippen LogP contribution in [0.2, 0.25) is 0 Å². The van der Waals surface area contributed by atoms with Crippen LogP contribution in [-0.2, 0) is 9.47 Å². The highest BCUT2D eigenvalue weighted by molar-refractivity contribution is 5.98. The number of ether oxygens (including phenoxy) is 2. The van der Waals surface area contributed by atoms with Gasteiger partial charge in [-0.2, -0.15) is 0 Å². The van der Waals surface area contributed by atoms with Gasteiger partial charge in [-0.15, -0.1) is 0 Å². The fourth-order valence-corrected chi connectivity index (χ4v) is 2.18. The van der Waals surface area contributed by atoms with Gasteiger partial charge in [0.25, 0.3) is 0 Å². The molecule has 0 atom stereocenters. The van der Waals surface area contributed by atoms with Crippen molar-refractivity contribution in [2.24, 2.45) is 0 Å². The molecule has 0 radical (unpaired) electrons. The summed E-state index contributed by atoms with van der Waals surface area (Å²) >= 11 is 0. The van der Waals surface area contributed by atoms with Crippen LogP contribution in [0.3, 0.4) is 0 Å². The van der Waals surface area contributed by atoms with E-state index in [1.807, 2.05) is 30.3 Å². The molecule has 0 aliphatic rings. The van der Waals surface area contributed by atoms with Crippen molar-refractivity contribution in [1.29, 1.82) is 0 Å². The zero-order chi connectivity index (χ0) is 20.0. The summed E-state index contributed by atoms with van der Waals surface area (Å²) in [4.78, 5) is 24.1. The molecule has 0 fully saturated rings. The van der Waals surface area contributed by atoms with Crippen molar-refractivity contribution >= 4 is 23.4 Å². The molecule has 0 aromatic heterocycles. The largest absolute Gasteiger partial charge is 0.465 e. The zero-order valence-electron chi connectivity index (χ0n) is 15.8. The summed E-state index contributed by atoms with van der Waals surface area (Å²) in [5, 5.41) is 2.55. The van der Waals surface area contributed by atoms with E-state index < -0.39 is 17.7 Å². The first kappa shape index (κ1) is 19.9. The Kier molecular flexibility index (Phi) is 6.09. The first-order valence-electron chi connectivity index (χ1n) is 8.28. The fraction of sp³-hybridized carbons (Fsp3) is 0.238. The molecule has 0 aliphatic carbocycles. The van der Waals surface area contributed by atoms with Gasteiger partial charge in [0.2, 0.25) is 0 Å². The van der Waals surface area contributed by atoms with E-state index in [1.54, 1.807) is 20.8 Å². The molecule has 1 amide bonds. The van der Waals surface area contributed by atoms with Crippen molar-refractivity contribution in [3.8, 4) is 11.8 Å². The lowest BCUT2D eigenvalue weighted by Gasteiger charge is -2.20. The van der Waals surface area contributed by atoms with Gasteiger partial charge in [0.15, 0.2) is 0 Å². The average Bonchev–Trinajstić information content (AvgIpc) is 2.60. The molecule has 2 aromatic rings. The summed E-state index contributed by atoms with van der Waals surface area (Å²) in [5.74, 6) is 5.32. The Balaban J connectivity index is 2.39. The van der Waals surface area contributed by atoms with Crippen molar-refractivity contribution in [2.75, 3.05) is 18.2 Å². The third-order valence-electron chi connectivity index (χ3n) is 3.35. The summed E-state index contributed by atoms with van der Waals surface area (Å²) < 4.78 is 10.0. The van der Waals surface area contributed by atoms with Gasteiger partial charge in [-0.25, -0.2) is 9.59 Å². The Labute approximate surface area is 158 Å². The Bertz CT molecular complexity index is 904. The molecule has 6 heteroatoms. The fourth-order valence-electron chi connectivity index (χ4n) is 2.18. The maximum atomic E-state index is 12.1.